The number of hydrogen-bond acceptors (Lipinski definition) is 5. The number of imidazole rings is 1. The summed E-state index contributed by atoms with van der Waals surface area (Å²) in [5, 5.41) is 3.14. The van der Waals surface area contributed by atoms with Crippen molar-refractivity contribution in [2.24, 2.45) is 5.92 Å². The van der Waals surface area contributed by atoms with Crippen molar-refractivity contribution in [2.75, 3.05) is 24.6 Å². The zero-order chi connectivity index (χ0) is 21.3. The summed E-state index contributed by atoms with van der Waals surface area (Å²) in [5.41, 5.74) is 1.84. The number of ether oxygens (including phenoxy) is 1. The molecule has 1 fully saturated rings. The number of halogens is 3. The number of amides is 1. The smallest absolute Gasteiger partial charge is 0.422 e. The summed E-state index contributed by atoms with van der Waals surface area (Å²) in [6, 6.07) is 10.6. The first-order valence-electron chi connectivity index (χ1n) is 9.58. The molecule has 4 rings (SSSR count). The van der Waals surface area contributed by atoms with Crippen LogP contribution in [0.4, 0.5) is 19.1 Å². The van der Waals surface area contributed by atoms with Crippen LogP contribution in [0.5, 0.6) is 5.06 Å². The number of nitrogens with one attached hydrogen (secondary N) is 2. The van der Waals surface area contributed by atoms with E-state index in [0.29, 0.717) is 13.0 Å². The van der Waals surface area contributed by atoms with E-state index < -0.39 is 12.8 Å². The maximum absolute atomic E-state index is 12.7. The van der Waals surface area contributed by atoms with Gasteiger partial charge in [0.2, 0.25) is 11.9 Å². The van der Waals surface area contributed by atoms with E-state index in [9.17, 15) is 18.0 Å². The number of carbonyl (C=O) groups is 1. The molecule has 0 saturated carbocycles. The van der Waals surface area contributed by atoms with Gasteiger partial charge in [0.05, 0.1) is 23.0 Å². The summed E-state index contributed by atoms with van der Waals surface area (Å²) in [5.74, 6) is 0.498. The molecule has 1 aliphatic rings. The minimum atomic E-state index is -4.38. The average Bonchev–Trinajstić information content (AvgIpc) is 3.44. The van der Waals surface area contributed by atoms with Crippen LogP contribution in [-0.2, 0) is 4.79 Å². The highest BCUT2D eigenvalue weighted by Gasteiger charge is 2.31. The molecular formula is C20H21F3N4O2S. The van der Waals surface area contributed by atoms with Crippen molar-refractivity contribution in [1.82, 2.24) is 15.3 Å². The Kier molecular flexibility index (Phi) is 5.59. The Morgan fingerprint density at radius 3 is 2.93 bits per heavy atom. The molecule has 2 aromatic heterocycles. The largest absolute Gasteiger partial charge is 0.475 e. The molecule has 0 spiro atoms. The van der Waals surface area contributed by atoms with Gasteiger partial charge in [-0.25, -0.2) is 4.98 Å². The Labute approximate surface area is 175 Å². The Bertz CT molecular complexity index is 999. The van der Waals surface area contributed by atoms with E-state index in [-0.39, 0.29) is 22.9 Å². The predicted molar refractivity (Wildman–Crippen MR) is 109 cm³/mol. The molecule has 2 atom stereocenters. The van der Waals surface area contributed by atoms with Crippen molar-refractivity contribution < 1.29 is 22.7 Å². The van der Waals surface area contributed by atoms with Gasteiger partial charge < -0.3 is 19.9 Å². The normalized spacial score (nSPS) is 18.0. The van der Waals surface area contributed by atoms with E-state index in [1.807, 2.05) is 31.2 Å². The molecule has 30 heavy (non-hydrogen) atoms. The third-order valence-electron chi connectivity index (χ3n) is 5.00. The number of para-hydroxylation sites is 2. The van der Waals surface area contributed by atoms with Crippen LogP contribution in [0.1, 0.15) is 24.3 Å². The van der Waals surface area contributed by atoms with Crippen molar-refractivity contribution >= 4 is 34.2 Å². The average molecular weight is 438 g/mol. The lowest BCUT2D eigenvalue weighted by Crippen LogP contribution is -2.34. The van der Waals surface area contributed by atoms with Crippen LogP contribution >= 0.6 is 11.3 Å². The number of carbonyl (C=O) groups excluding carboxylic acids is 1. The van der Waals surface area contributed by atoms with Gasteiger partial charge in [0, 0.05) is 18.0 Å². The van der Waals surface area contributed by atoms with Gasteiger partial charge in [0.15, 0.2) is 11.7 Å². The van der Waals surface area contributed by atoms with Crippen molar-refractivity contribution in [2.45, 2.75) is 25.6 Å². The fraction of sp³-hybridized carbons (Fsp3) is 0.400. The monoisotopic (exact) mass is 438 g/mol. The molecule has 10 heteroatoms. The lowest BCUT2D eigenvalue weighted by molar-refractivity contribution is -0.152. The number of hydrogen-bond donors (Lipinski definition) is 2. The highest BCUT2D eigenvalue weighted by atomic mass is 32.1. The molecule has 1 aliphatic heterocycles. The lowest BCUT2D eigenvalue weighted by Gasteiger charge is -2.17. The van der Waals surface area contributed by atoms with Gasteiger partial charge in [-0.1, -0.05) is 12.1 Å². The van der Waals surface area contributed by atoms with Gasteiger partial charge in [0.1, 0.15) is 0 Å². The molecule has 1 aromatic carbocycles. The molecule has 6 nitrogen and oxygen atoms in total. The number of alkyl halides is 3. The van der Waals surface area contributed by atoms with Crippen molar-refractivity contribution in [3.63, 3.8) is 0 Å². The number of thiophene rings is 1. The zero-order valence-electron chi connectivity index (χ0n) is 16.2. The summed E-state index contributed by atoms with van der Waals surface area (Å²) in [6.45, 7) is 1.76. The van der Waals surface area contributed by atoms with E-state index in [1.165, 1.54) is 6.07 Å². The van der Waals surface area contributed by atoms with Crippen LogP contribution in [0.2, 0.25) is 0 Å². The van der Waals surface area contributed by atoms with Gasteiger partial charge in [-0.3, -0.25) is 4.79 Å². The van der Waals surface area contributed by atoms with Crippen LogP contribution in [0.25, 0.3) is 11.0 Å². The molecule has 0 aliphatic carbocycles. The van der Waals surface area contributed by atoms with Crippen molar-refractivity contribution in [3.05, 3.63) is 41.3 Å². The van der Waals surface area contributed by atoms with Gasteiger partial charge in [-0.05, 0) is 37.6 Å². The van der Waals surface area contributed by atoms with E-state index in [1.54, 1.807) is 6.07 Å². The summed E-state index contributed by atoms with van der Waals surface area (Å²) >= 11 is 1.10. The van der Waals surface area contributed by atoms with Crippen LogP contribution < -0.4 is 15.0 Å². The molecule has 1 saturated heterocycles. The first kappa shape index (κ1) is 20.5. The van der Waals surface area contributed by atoms with Crippen molar-refractivity contribution in [1.29, 1.82) is 0 Å². The topological polar surface area (TPSA) is 70.2 Å². The van der Waals surface area contributed by atoms with Gasteiger partial charge in [-0.2, -0.15) is 13.2 Å². The van der Waals surface area contributed by atoms with E-state index in [0.717, 1.165) is 39.7 Å². The van der Waals surface area contributed by atoms with Crippen molar-refractivity contribution in [3.8, 4) is 5.06 Å². The number of benzene rings is 1. The molecular weight excluding hydrogens is 417 g/mol. The summed E-state index contributed by atoms with van der Waals surface area (Å²) in [6.07, 6.45) is -3.67. The van der Waals surface area contributed by atoms with Gasteiger partial charge in [0.25, 0.3) is 0 Å². The molecule has 0 radical (unpaired) electrons. The number of H-pyrrole nitrogens is 1. The number of anilines is 1. The number of rotatable bonds is 6. The maximum atomic E-state index is 12.7. The molecule has 3 heterocycles. The summed E-state index contributed by atoms with van der Waals surface area (Å²) < 4.78 is 41.6. The maximum Gasteiger partial charge on any atom is 0.422 e. The van der Waals surface area contributed by atoms with Crippen LogP contribution in [0.3, 0.4) is 0 Å². The molecule has 1 amide bonds. The van der Waals surface area contributed by atoms with Crippen LogP contribution in [0, 0.1) is 5.92 Å². The molecule has 2 unspecified atom stereocenters. The second-order valence-corrected chi connectivity index (χ2v) is 8.38. The molecule has 160 valence electrons. The number of nitrogens with zero attached hydrogens (tertiary/aromatic N) is 2. The molecule has 3 aromatic rings. The zero-order valence-corrected chi connectivity index (χ0v) is 17.0. The third-order valence-corrected chi connectivity index (χ3v) is 6.18. The second kappa shape index (κ2) is 8.17. The minimum absolute atomic E-state index is 0.0766. The first-order valence-corrected chi connectivity index (χ1v) is 10.4. The highest BCUT2D eigenvalue weighted by molar-refractivity contribution is 7.13. The third kappa shape index (κ3) is 4.69. The highest BCUT2D eigenvalue weighted by Crippen LogP contribution is 2.31. The quantitative estimate of drug-likeness (QED) is 0.603. The van der Waals surface area contributed by atoms with Crippen LogP contribution in [0.15, 0.2) is 36.4 Å². The summed E-state index contributed by atoms with van der Waals surface area (Å²) in [7, 11) is 0. The summed E-state index contributed by atoms with van der Waals surface area (Å²) in [4.78, 5) is 23.4. The number of aromatic amines is 1. The van der Waals surface area contributed by atoms with E-state index in [2.05, 4.69) is 20.2 Å². The number of fused-ring (bicyclic) bond motifs is 1. The van der Waals surface area contributed by atoms with Gasteiger partial charge >= 0.3 is 6.18 Å². The SMILES string of the molecule is CC(NC(=O)C1CCN(c2nc3ccccc3[nH]2)C1)c1ccc(OCC(F)(F)F)s1. The standard InChI is InChI=1S/C20H21F3N4O2S/c1-12(16-6-7-17(30-16)29-11-20(21,22)23)24-18(28)13-8-9-27(10-13)19-25-14-4-2-3-5-15(14)26-19/h2-7,12-13H,8-11H2,1H3,(H,24,28)(H,25,26). The van der Waals surface area contributed by atoms with E-state index in [4.69, 9.17) is 4.74 Å². The number of aromatic nitrogens is 2. The molecule has 0 bridgehead atoms. The fourth-order valence-corrected chi connectivity index (χ4v) is 4.31. The Morgan fingerprint density at radius 1 is 1.37 bits per heavy atom. The first-order chi connectivity index (χ1) is 14.3. The fourth-order valence-electron chi connectivity index (χ4n) is 3.46. The van der Waals surface area contributed by atoms with Crippen LogP contribution in [-0.4, -0.2) is 41.7 Å². The predicted octanol–water partition coefficient (Wildman–Crippen LogP) is 4.27. The second-order valence-electron chi connectivity index (χ2n) is 7.30. The van der Waals surface area contributed by atoms with E-state index >= 15 is 0 Å². The Balaban J connectivity index is 1.32. The Morgan fingerprint density at radius 2 is 2.17 bits per heavy atom. The lowest BCUT2D eigenvalue weighted by atomic mass is 10.1. The molecule has 2 N–H and O–H groups in total. The Hall–Kier alpha value is -2.75. The minimum Gasteiger partial charge on any atom is -0.475 e. The van der Waals surface area contributed by atoms with Gasteiger partial charge in [-0.15, -0.1) is 11.3 Å².